The molecule has 5 nitrogen and oxygen atoms in total. The van der Waals surface area contributed by atoms with Crippen molar-refractivity contribution in [3.8, 4) is 12.0 Å². The summed E-state index contributed by atoms with van der Waals surface area (Å²) in [4.78, 5) is 25.2. The van der Waals surface area contributed by atoms with Gasteiger partial charge in [-0.15, -0.1) is 0 Å². The molecule has 1 heterocycles. The minimum atomic E-state index is -0.262. The van der Waals surface area contributed by atoms with E-state index in [0.717, 1.165) is 0 Å². The van der Waals surface area contributed by atoms with Gasteiger partial charge in [0.15, 0.2) is 0 Å². The summed E-state index contributed by atoms with van der Waals surface area (Å²) in [6.07, 6.45) is 2.46. The van der Waals surface area contributed by atoms with Gasteiger partial charge in [-0.3, -0.25) is 14.5 Å². The Morgan fingerprint density at radius 3 is 2.30 bits per heavy atom. The minimum absolute atomic E-state index is 0.242. The Morgan fingerprint density at radius 2 is 1.70 bits per heavy atom. The van der Waals surface area contributed by atoms with Gasteiger partial charge in [0.1, 0.15) is 12.7 Å². The number of carbonyl (C=O) groups is 2. The Kier molecular flexibility index (Phi) is 4.75. The lowest BCUT2D eigenvalue weighted by Crippen LogP contribution is -2.33. The third kappa shape index (κ3) is 2.98. The number of hydrogen-bond donors (Lipinski definition) is 0. The van der Waals surface area contributed by atoms with E-state index in [1.807, 2.05) is 0 Å². The molecule has 0 unspecified atom stereocenters. The van der Waals surface area contributed by atoms with E-state index < -0.39 is 0 Å². The first-order valence-electron chi connectivity index (χ1n) is 6.32. The van der Waals surface area contributed by atoms with Gasteiger partial charge in [-0.2, -0.15) is 0 Å². The van der Waals surface area contributed by atoms with Crippen molar-refractivity contribution in [2.75, 3.05) is 26.4 Å². The first kappa shape index (κ1) is 14.1. The lowest BCUT2D eigenvalue weighted by atomic mass is 10.1. The highest BCUT2D eigenvalue weighted by Crippen LogP contribution is 2.21. The van der Waals surface area contributed by atoms with Crippen molar-refractivity contribution < 1.29 is 19.1 Å². The Balaban J connectivity index is 1.79. The van der Waals surface area contributed by atoms with Gasteiger partial charge in [-0.1, -0.05) is 18.1 Å². The number of imide groups is 1. The van der Waals surface area contributed by atoms with E-state index in [-0.39, 0.29) is 25.0 Å². The predicted molar refractivity (Wildman–Crippen MR) is 72.0 cm³/mol. The van der Waals surface area contributed by atoms with Crippen LogP contribution in [0.3, 0.4) is 0 Å². The normalized spacial score (nSPS) is 12.9. The fraction of sp³-hybridized carbons (Fsp3) is 0.333. The molecule has 0 bridgehead atoms. The van der Waals surface area contributed by atoms with Crippen molar-refractivity contribution in [1.29, 1.82) is 0 Å². The van der Waals surface area contributed by atoms with E-state index in [0.29, 0.717) is 24.3 Å². The maximum atomic E-state index is 12.0. The number of benzene rings is 1. The Bertz CT molecular complexity index is 536. The first-order valence-corrected chi connectivity index (χ1v) is 6.32. The summed E-state index contributed by atoms with van der Waals surface area (Å²) < 4.78 is 10.2. The molecule has 0 radical (unpaired) electrons. The monoisotopic (exact) mass is 273 g/mol. The zero-order valence-electron chi connectivity index (χ0n) is 11.2. The van der Waals surface area contributed by atoms with Crippen LogP contribution in [0.2, 0.25) is 0 Å². The molecule has 1 aromatic carbocycles. The third-order valence-electron chi connectivity index (χ3n) is 2.84. The molecule has 0 saturated carbocycles. The van der Waals surface area contributed by atoms with Crippen molar-refractivity contribution >= 4 is 11.8 Å². The molecule has 5 heteroatoms. The summed E-state index contributed by atoms with van der Waals surface area (Å²) in [5.41, 5.74) is 0.915. The second-order valence-electron chi connectivity index (χ2n) is 4.12. The van der Waals surface area contributed by atoms with Crippen LogP contribution in [-0.2, 0) is 9.47 Å². The van der Waals surface area contributed by atoms with Crippen LogP contribution < -0.4 is 0 Å². The molecule has 0 spiro atoms. The molecular weight excluding hydrogens is 258 g/mol. The topological polar surface area (TPSA) is 55.8 Å². The van der Waals surface area contributed by atoms with E-state index in [1.165, 1.54) is 4.90 Å². The summed E-state index contributed by atoms with van der Waals surface area (Å²) in [7, 11) is 0. The lowest BCUT2D eigenvalue weighted by molar-refractivity contribution is 0.0512. The van der Waals surface area contributed by atoms with Crippen LogP contribution in [0.25, 0.3) is 0 Å². The standard InChI is InChI=1S/C15H15NO4/c1-2-8-19-10-11-20-9-7-16-14(17)12-5-3-4-6-13(12)15(16)18/h3-6H,7,9-11H2,1H3. The van der Waals surface area contributed by atoms with Crippen molar-refractivity contribution in [2.45, 2.75) is 6.92 Å². The summed E-state index contributed by atoms with van der Waals surface area (Å²) in [5, 5.41) is 0. The largest absolute Gasteiger partial charge is 0.444 e. The number of nitrogens with zero attached hydrogens (tertiary/aromatic N) is 1. The van der Waals surface area contributed by atoms with Crippen LogP contribution in [-0.4, -0.2) is 43.1 Å². The zero-order valence-corrected chi connectivity index (χ0v) is 11.2. The molecule has 0 atom stereocenters. The Morgan fingerprint density at radius 1 is 1.05 bits per heavy atom. The molecular formula is C15H15NO4. The number of hydrogen-bond acceptors (Lipinski definition) is 4. The average Bonchev–Trinajstić information content (AvgIpc) is 2.71. The highest BCUT2D eigenvalue weighted by atomic mass is 16.5. The van der Waals surface area contributed by atoms with Gasteiger partial charge in [-0.05, 0) is 12.1 Å². The average molecular weight is 273 g/mol. The second-order valence-corrected chi connectivity index (χ2v) is 4.12. The molecule has 20 heavy (non-hydrogen) atoms. The van der Waals surface area contributed by atoms with Crippen molar-refractivity contribution in [3.05, 3.63) is 35.4 Å². The van der Waals surface area contributed by atoms with Crippen LogP contribution in [0.1, 0.15) is 27.6 Å². The van der Waals surface area contributed by atoms with Gasteiger partial charge in [0.05, 0.1) is 30.9 Å². The third-order valence-corrected chi connectivity index (χ3v) is 2.84. The number of carbonyl (C=O) groups excluding carboxylic acids is 2. The molecule has 1 aliphatic heterocycles. The van der Waals surface area contributed by atoms with Gasteiger partial charge < -0.3 is 9.47 Å². The molecule has 0 N–H and O–H groups in total. The minimum Gasteiger partial charge on any atom is -0.444 e. The smallest absolute Gasteiger partial charge is 0.261 e. The summed E-state index contributed by atoms with van der Waals surface area (Å²) in [6, 6.07) is 6.81. The Hall–Kier alpha value is -2.32. The highest BCUT2D eigenvalue weighted by Gasteiger charge is 2.34. The van der Waals surface area contributed by atoms with Crippen LogP contribution >= 0.6 is 0 Å². The maximum Gasteiger partial charge on any atom is 0.261 e. The summed E-state index contributed by atoms with van der Waals surface area (Å²) >= 11 is 0. The number of rotatable bonds is 6. The van der Waals surface area contributed by atoms with E-state index in [9.17, 15) is 9.59 Å². The quantitative estimate of drug-likeness (QED) is 0.445. The fourth-order valence-electron chi connectivity index (χ4n) is 1.92. The first-order chi connectivity index (χ1) is 9.75. The highest BCUT2D eigenvalue weighted by molar-refractivity contribution is 6.21. The van der Waals surface area contributed by atoms with Gasteiger partial charge in [0.25, 0.3) is 11.8 Å². The van der Waals surface area contributed by atoms with Gasteiger partial charge in [-0.25, -0.2) is 0 Å². The Labute approximate surface area is 117 Å². The molecule has 0 fully saturated rings. The van der Waals surface area contributed by atoms with E-state index in [4.69, 9.17) is 9.47 Å². The molecule has 0 aliphatic carbocycles. The molecule has 2 rings (SSSR count). The van der Waals surface area contributed by atoms with E-state index in [1.54, 1.807) is 31.2 Å². The number of fused-ring (bicyclic) bond motifs is 1. The van der Waals surface area contributed by atoms with Crippen molar-refractivity contribution in [2.24, 2.45) is 0 Å². The lowest BCUT2D eigenvalue weighted by Gasteiger charge is -2.13. The maximum absolute atomic E-state index is 12.0. The molecule has 2 amide bonds. The summed E-state index contributed by atoms with van der Waals surface area (Å²) in [5.74, 6) is 2.08. The van der Waals surface area contributed by atoms with Crippen LogP contribution in [0.4, 0.5) is 0 Å². The molecule has 1 aromatic rings. The molecule has 0 aromatic heterocycles. The van der Waals surface area contributed by atoms with Gasteiger partial charge in [0, 0.05) is 6.92 Å². The summed E-state index contributed by atoms with van der Waals surface area (Å²) in [6.45, 7) is 2.95. The van der Waals surface area contributed by atoms with Gasteiger partial charge >= 0.3 is 0 Å². The van der Waals surface area contributed by atoms with Gasteiger partial charge in [0.2, 0.25) is 0 Å². The van der Waals surface area contributed by atoms with E-state index in [2.05, 4.69) is 12.0 Å². The zero-order chi connectivity index (χ0) is 14.4. The number of ether oxygens (including phenoxy) is 2. The second kappa shape index (κ2) is 6.73. The van der Waals surface area contributed by atoms with Crippen LogP contribution in [0, 0.1) is 12.0 Å². The molecule has 1 aliphatic rings. The SMILES string of the molecule is CC#COCCOCCN1C(=O)c2ccccc2C1=O. The van der Waals surface area contributed by atoms with Crippen LogP contribution in [0.5, 0.6) is 0 Å². The number of amides is 2. The van der Waals surface area contributed by atoms with Crippen LogP contribution in [0.15, 0.2) is 24.3 Å². The fourth-order valence-corrected chi connectivity index (χ4v) is 1.92. The molecule has 0 saturated heterocycles. The predicted octanol–water partition coefficient (Wildman–Crippen LogP) is 1.30. The molecule has 104 valence electrons. The van der Waals surface area contributed by atoms with E-state index >= 15 is 0 Å². The van der Waals surface area contributed by atoms with Crippen molar-refractivity contribution in [3.63, 3.8) is 0 Å². The van der Waals surface area contributed by atoms with Crippen molar-refractivity contribution in [1.82, 2.24) is 4.90 Å².